The van der Waals surface area contributed by atoms with Crippen LogP contribution in [0.4, 0.5) is 4.79 Å². The van der Waals surface area contributed by atoms with Crippen LogP contribution in [0.5, 0.6) is 0 Å². The molecule has 0 aliphatic carbocycles. The van der Waals surface area contributed by atoms with Crippen molar-refractivity contribution in [1.82, 2.24) is 15.1 Å². The number of rotatable bonds is 4. The SMILES string of the molecule is CNC(=O)C(C(C)(C)C)C1(C(N)=O)N=C(c2ccccc2)N2CCN(C(N)=O)CC21. The minimum atomic E-state index is -1.56. The maximum Gasteiger partial charge on any atom is 0.314 e. The molecule has 1 fully saturated rings. The number of aliphatic imine (C=N–C) groups is 1. The number of hydrogen-bond acceptors (Lipinski definition) is 5. The average molecular weight is 415 g/mol. The number of nitrogens with two attached hydrogens (primary N) is 2. The summed E-state index contributed by atoms with van der Waals surface area (Å²) in [5, 5.41) is 2.67. The first-order valence-electron chi connectivity index (χ1n) is 10.0. The van der Waals surface area contributed by atoms with Gasteiger partial charge in [0.15, 0.2) is 5.54 Å². The molecule has 2 heterocycles. The van der Waals surface area contributed by atoms with Gasteiger partial charge < -0.3 is 26.6 Å². The highest BCUT2D eigenvalue weighted by Gasteiger charge is 2.63. The van der Waals surface area contributed by atoms with Crippen molar-refractivity contribution in [3.8, 4) is 0 Å². The summed E-state index contributed by atoms with van der Waals surface area (Å²) in [6, 6.07) is 8.29. The van der Waals surface area contributed by atoms with E-state index in [2.05, 4.69) is 5.32 Å². The van der Waals surface area contributed by atoms with Crippen LogP contribution in [0.2, 0.25) is 0 Å². The Balaban J connectivity index is 2.26. The molecular weight excluding hydrogens is 384 g/mol. The third-order valence-electron chi connectivity index (χ3n) is 6.00. The Bertz CT molecular complexity index is 878. The molecule has 9 nitrogen and oxygen atoms in total. The van der Waals surface area contributed by atoms with E-state index in [4.69, 9.17) is 16.5 Å². The normalized spacial score (nSPS) is 24.7. The number of fused-ring (bicyclic) bond motifs is 1. The topological polar surface area (TPSA) is 134 Å². The van der Waals surface area contributed by atoms with Crippen LogP contribution in [0.15, 0.2) is 35.3 Å². The zero-order valence-electron chi connectivity index (χ0n) is 17.9. The summed E-state index contributed by atoms with van der Waals surface area (Å²) in [6.45, 7) is 6.63. The quantitative estimate of drug-likeness (QED) is 0.646. The van der Waals surface area contributed by atoms with Crippen molar-refractivity contribution < 1.29 is 14.4 Å². The zero-order chi connectivity index (χ0) is 22.3. The highest BCUT2D eigenvalue weighted by Crippen LogP contribution is 2.45. The number of amides is 4. The minimum Gasteiger partial charge on any atom is -0.367 e. The number of hydrogen-bond donors (Lipinski definition) is 3. The van der Waals surface area contributed by atoms with Crippen LogP contribution in [0.3, 0.4) is 0 Å². The van der Waals surface area contributed by atoms with Crippen molar-refractivity contribution in [3.63, 3.8) is 0 Å². The first-order valence-corrected chi connectivity index (χ1v) is 10.0. The fourth-order valence-corrected chi connectivity index (χ4v) is 4.76. The lowest BCUT2D eigenvalue weighted by molar-refractivity contribution is -0.141. The van der Waals surface area contributed by atoms with Gasteiger partial charge >= 0.3 is 6.03 Å². The molecule has 30 heavy (non-hydrogen) atoms. The predicted octanol–water partition coefficient (Wildman–Crippen LogP) is 0.144. The maximum absolute atomic E-state index is 13.1. The van der Waals surface area contributed by atoms with E-state index >= 15 is 0 Å². The molecule has 9 heteroatoms. The van der Waals surface area contributed by atoms with Crippen molar-refractivity contribution in [2.45, 2.75) is 32.4 Å². The Morgan fingerprint density at radius 2 is 1.80 bits per heavy atom. The summed E-state index contributed by atoms with van der Waals surface area (Å²) < 4.78 is 0. The van der Waals surface area contributed by atoms with Gasteiger partial charge in [0.05, 0.1) is 12.0 Å². The molecule has 1 aromatic rings. The Morgan fingerprint density at radius 3 is 2.30 bits per heavy atom. The van der Waals surface area contributed by atoms with Gasteiger partial charge in [0.1, 0.15) is 5.84 Å². The number of benzene rings is 1. The van der Waals surface area contributed by atoms with Crippen molar-refractivity contribution >= 4 is 23.7 Å². The van der Waals surface area contributed by atoms with E-state index in [0.29, 0.717) is 18.9 Å². The summed E-state index contributed by atoms with van der Waals surface area (Å²) in [7, 11) is 1.53. The van der Waals surface area contributed by atoms with Crippen LogP contribution in [0.1, 0.15) is 26.3 Å². The Kier molecular flexibility index (Phi) is 5.49. The second-order valence-electron chi connectivity index (χ2n) is 8.90. The molecule has 0 radical (unpaired) electrons. The van der Waals surface area contributed by atoms with E-state index in [1.807, 2.05) is 56.0 Å². The van der Waals surface area contributed by atoms with Crippen molar-refractivity contribution in [1.29, 1.82) is 0 Å². The van der Waals surface area contributed by atoms with Gasteiger partial charge in [-0.3, -0.25) is 9.59 Å². The monoisotopic (exact) mass is 414 g/mol. The highest BCUT2D eigenvalue weighted by atomic mass is 16.2. The lowest BCUT2D eigenvalue weighted by Crippen LogP contribution is -2.69. The molecule has 5 N–H and O–H groups in total. The molecule has 2 aliphatic rings. The number of primary amides is 2. The number of piperazine rings is 1. The summed E-state index contributed by atoms with van der Waals surface area (Å²) in [5.41, 5.74) is 10.2. The molecule has 0 spiro atoms. The molecule has 1 saturated heterocycles. The van der Waals surface area contributed by atoms with Gasteiger partial charge in [-0.25, -0.2) is 9.79 Å². The summed E-state index contributed by atoms with van der Waals surface area (Å²) in [5.74, 6) is -1.27. The lowest BCUT2D eigenvalue weighted by Gasteiger charge is -2.47. The zero-order valence-corrected chi connectivity index (χ0v) is 17.9. The summed E-state index contributed by atoms with van der Waals surface area (Å²) in [6.07, 6.45) is 0. The molecule has 0 bridgehead atoms. The number of urea groups is 1. The molecule has 1 aromatic carbocycles. The van der Waals surface area contributed by atoms with Crippen LogP contribution in [-0.4, -0.2) is 71.7 Å². The maximum atomic E-state index is 13.1. The van der Waals surface area contributed by atoms with E-state index in [1.165, 1.54) is 11.9 Å². The Morgan fingerprint density at radius 1 is 1.17 bits per heavy atom. The fourth-order valence-electron chi connectivity index (χ4n) is 4.76. The third kappa shape index (κ3) is 3.38. The van der Waals surface area contributed by atoms with Gasteiger partial charge in [-0.1, -0.05) is 51.1 Å². The number of nitrogens with zero attached hydrogens (tertiary/aromatic N) is 3. The lowest BCUT2D eigenvalue weighted by atomic mass is 9.64. The van der Waals surface area contributed by atoms with Crippen LogP contribution in [-0.2, 0) is 9.59 Å². The average Bonchev–Trinajstić information content (AvgIpc) is 3.03. The van der Waals surface area contributed by atoms with E-state index in [0.717, 1.165) is 5.56 Å². The molecule has 0 aromatic heterocycles. The van der Waals surface area contributed by atoms with Crippen molar-refractivity contribution in [2.75, 3.05) is 26.7 Å². The molecule has 2 aliphatic heterocycles. The first kappa shape index (κ1) is 21.6. The third-order valence-corrected chi connectivity index (χ3v) is 6.00. The molecule has 0 saturated carbocycles. The highest BCUT2D eigenvalue weighted by molar-refractivity contribution is 6.06. The van der Waals surface area contributed by atoms with Crippen LogP contribution >= 0.6 is 0 Å². The van der Waals surface area contributed by atoms with Gasteiger partial charge in [-0.05, 0) is 5.41 Å². The minimum absolute atomic E-state index is 0.154. The first-order chi connectivity index (χ1) is 14.0. The fraction of sp³-hybridized carbons (Fsp3) is 0.524. The number of carbonyl (C=O) groups is 3. The Labute approximate surface area is 176 Å². The molecule has 4 amide bonds. The summed E-state index contributed by atoms with van der Waals surface area (Å²) >= 11 is 0. The van der Waals surface area contributed by atoms with E-state index < -0.39 is 34.9 Å². The van der Waals surface area contributed by atoms with Crippen LogP contribution in [0, 0.1) is 11.3 Å². The van der Waals surface area contributed by atoms with Crippen LogP contribution in [0.25, 0.3) is 0 Å². The standard InChI is InChI=1S/C21H30N6O3/c1-20(2,3)15(17(28)24-4)21(18(22)29)14-12-26(19(23)30)10-11-27(14)16(25-21)13-8-6-5-7-9-13/h5-9,14-15H,10-12H2,1-4H3,(H2,22,29)(H2,23,30)(H,24,28). The second-order valence-corrected chi connectivity index (χ2v) is 8.90. The van der Waals surface area contributed by atoms with Gasteiger partial charge in [0.25, 0.3) is 0 Å². The van der Waals surface area contributed by atoms with Crippen molar-refractivity contribution in [3.05, 3.63) is 35.9 Å². The molecule has 3 unspecified atom stereocenters. The molecular formula is C21H30N6O3. The number of nitrogens with one attached hydrogen (secondary N) is 1. The van der Waals surface area contributed by atoms with Gasteiger partial charge in [0, 0.05) is 32.2 Å². The Hall–Kier alpha value is -3.10. The molecule has 3 atom stereocenters. The van der Waals surface area contributed by atoms with E-state index in [1.54, 1.807) is 0 Å². The molecule has 162 valence electrons. The second kappa shape index (κ2) is 7.62. The van der Waals surface area contributed by atoms with Gasteiger partial charge in [0.2, 0.25) is 11.8 Å². The predicted molar refractivity (Wildman–Crippen MR) is 114 cm³/mol. The largest absolute Gasteiger partial charge is 0.367 e. The van der Waals surface area contributed by atoms with Crippen LogP contribution < -0.4 is 16.8 Å². The number of carbonyl (C=O) groups excluding carboxylic acids is 3. The summed E-state index contributed by atoms with van der Waals surface area (Å²) in [4.78, 5) is 46.5. The number of amidine groups is 1. The van der Waals surface area contributed by atoms with Gasteiger partial charge in [-0.2, -0.15) is 0 Å². The van der Waals surface area contributed by atoms with Gasteiger partial charge in [-0.15, -0.1) is 0 Å². The smallest absolute Gasteiger partial charge is 0.314 e. The van der Waals surface area contributed by atoms with E-state index in [-0.39, 0.29) is 12.5 Å². The molecule has 3 rings (SSSR count). The van der Waals surface area contributed by atoms with Crippen molar-refractivity contribution in [2.24, 2.45) is 27.8 Å². The van der Waals surface area contributed by atoms with E-state index in [9.17, 15) is 14.4 Å².